The molecule has 4 rings (SSSR count). The van der Waals surface area contributed by atoms with Gasteiger partial charge in [0.1, 0.15) is 11.6 Å². The summed E-state index contributed by atoms with van der Waals surface area (Å²) in [5.41, 5.74) is 6.46. The minimum absolute atomic E-state index is 0.120. The van der Waals surface area contributed by atoms with E-state index in [2.05, 4.69) is 11.4 Å². The Balaban J connectivity index is 1.96. The predicted octanol–water partition coefficient (Wildman–Crippen LogP) is 5.91. The summed E-state index contributed by atoms with van der Waals surface area (Å²) in [6, 6.07) is 21.1. The number of para-hydroxylation sites is 1. The minimum atomic E-state index is -1.04. The van der Waals surface area contributed by atoms with Gasteiger partial charge in [0, 0.05) is 5.56 Å². The zero-order chi connectivity index (χ0) is 22.8. The van der Waals surface area contributed by atoms with Gasteiger partial charge in [0.05, 0.1) is 29.7 Å². The second kappa shape index (κ2) is 8.59. The van der Waals surface area contributed by atoms with Gasteiger partial charge < -0.3 is 15.2 Å². The topological polar surface area (TPSA) is 76.4 Å². The van der Waals surface area contributed by atoms with Crippen LogP contribution in [0.3, 0.4) is 0 Å². The summed E-state index contributed by atoms with van der Waals surface area (Å²) >= 11 is 0. The molecule has 0 radical (unpaired) electrons. The summed E-state index contributed by atoms with van der Waals surface area (Å²) in [6.45, 7) is 6.03. The van der Waals surface area contributed by atoms with Crippen molar-refractivity contribution in [2.45, 2.75) is 20.8 Å². The summed E-state index contributed by atoms with van der Waals surface area (Å²) in [5, 5.41) is 18.0. The maximum absolute atomic E-state index is 12.0. The highest BCUT2D eigenvalue weighted by Crippen LogP contribution is 2.37. The average molecular weight is 428 g/mol. The number of benzene rings is 3. The first kappa shape index (κ1) is 21.2. The van der Waals surface area contributed by atoms with Crippen molar-refractivity contribution in [1.29, 1.82) is 0 Å². The number of carboxylic acid groups (broad SMARTS) is 1. The summed E-state index contributed by atoms with van der Waals surface area (Å²) < 4.78 is 7.07. The van der Waals surface area contributed by atoms with E-state index in [-0.39, 0.29) is 5.56 Å². The van der Waals surface area contributed by atoms with E-state index in [0.717, 1.165) is 33.6 Å². The van der Waals surface area contributed by atoms with Crippen LogP contribution in [0, 0.1) is 20.8 Å². The normalized spacial score (nSPS) is 10.8. The summed E-state index contributed by atoms with van der Waals surface area (Å²) in [6.07, 6.45) is 0. The van der Waals surface area contributed by atoms with Gasteiger partial charge in [-0.15, -0.1) is 0 Å². The lowest BCUT2D eigenvalue weighted by atomic mass is 10.0. The van der Waals surface area contributed by atoms with Crippen LogP contribution in [0.2, 0.25) is 0 Å². The summed E-state index contributed by atoms with van der Waals surface area (Å²) in [4.78, 5) is 12.0. The molecule has 0 saturated heterocycles. The Morgan fingerprint density at radius 2 is 1.78 bits per heavy atom. The molecule has 0 aliphatic heterocycles. The SMILES string of the molecule is COc1ccc(Nc2c(-c3cccc(C)c3)c(C)nn2-c2ccccc2C)c(C(=O)O)c1. The van der Waals surface area contributed by atoms with Crippen molar-refractivity contribution in [3.8, 4) is 22.6 Å². The van der Waals surface area contributed by atoms with Gasteiger partial charge in [0.15, 0.2) is 0 Å². The molecule has 0 aliphatic carbocycles. The first-order valence-electron chi connectivity index (χ1n) is 10.3. The molecule has 3 aromatic carbocycles. The lowest BCUT2D eigenvalue weighted by molar-refractivity contribution is 0.0697. The van der Waals surface area contributed by atoms with Crippen LogP contribution in [0.1, 0.15) is 27.2 Å². The molecule has 32 heavy (non-hydrogen) atoms. The van der Waals surface area contributed by atoms with E-state index in [9.17, 15) is 9.90 Å². The number of nitrogens with one attached hydrogen (secondary N) is 1. The number of methoxy groups -OCH3 is 1. The van der Waals surface area contributed by atoms with Crippen molar-refractivity contribution in [2.75, 3.05) is 12.4 Å². The fourth-order valence-corrected chi connectivity index (χ4v) is 3.83. The Labute approximate surface area is 187 Å². The molecule has 4 aromatic rings. The summed E-state index contributed by atoms with van der Waals surface area (Å²) in [5.74, 6) is 0.146. The zero-order valence-corrected chi connectivity index (χ0v) is 18.5. The molecule has 162 valence electrons. The van der Waals surface area contributed by atoms with Crippen LogP contribution in [0.4, 0.5) is 11.5 Å². The molecule has 0 spiro atoms. The molecular formula is C26H25N3O3. The quantitative estimate of drug-likeness (QED) is 0.400. The lowest BCUT2D eigenvalue weighted by Crippen LogP contribution is -2.08. The maximum atomic E-state index is 12.0. The van der Waals surface area contributed by atoms with Crippen LogP contribution >= 0.6 is 0 Å². The van der Waals surface area contributed by atoms with Crippen molar-refractivity contribution in [2.24, 2.45) is 0 Å². The smallest absolute Gasteiger partial charge is 0.337 e. The molecule has 1 aromatic heterocycles. The molecule has 0 aliphatic rings. The summed E-state index contributed by atoms with van der Waals surface area (Å²) in [7, 11) is 1.51. The van der Waals surface area contributed by atoms with Gasteiger partial charge in [-0.25, -0.2) is 9.48 Å². The fourth-order valence-electron chi connectivity index (χ4n) is 3.83. The number of carboxylic acids is 1. The van der Waals surface area contributed by atoms with Gasteiger partial charge in [-0.2, -0.15) is 5.10 Å². The second-order valence-corrected chi connectivity index (χ2v) is 7.72. The first-order valence-corrected chi connectivity index (χ1v) is 10.3. The van der Waals surface area contributed by atoms with Gasteiger partial charge in [-0.1, -0.05) is 48.0 Å². The number of ether oxygens (including phenoxy) is 1. The monoisotopic (exact) mass is 427 g/mol. The minimum Gasteiger partial charge on any atom is -0.497 e. The third kappa shape index (κ3) is 3.95. The van der Waals surface area contributed by atoms with Gasteiger partial charge in [-0.05, 0) is 56.2 Å². The van der Waals surface area contributed by atoms with Crippen LogP contribution in [-0.4, -0.2) is 28.0 Å². The van der Waals surface area contributed by atoms with Gasteiger partial charge >= 0.3 is 5.97 Å². The lowest BCUT2D eigenvalue weighted by Gasteiger charge is -2.16. The van der Waals surface area contributed by atoms with Crippen LogP contribution in [0.25, 0.3) is 16.8 Å². The number of hydrogen-bond acceptors (Lipinski definition) is 4. The maximum Gasteiger partial charge on any atom is 0.337 e. The molecule has 0 amide bonds. The van der Waals surface area contributed by atoms with Crippen LogP contribution in [0.15, 0.2) is 66.7 Å². The van der Waals surface area contributed by atoms with Crippen molar-refractivity contribution in [1.82, 2.24) is 9.78 Å². The molecule has 6 nitrogen and oxygen atoms in total. The number of nitrogens with zero attached hydrogens (tertiary/aromatic N) is 2. The van der Waals surface area contributed by atoms with Gasteiger partial charge in [0.2, 0.25) is 0 Å². The third-order valence-electron chi connectivity index (χ3n) is 5.42. The number of aryl methyl sites for hydroxylation is 3. The highest BCUT2D eigenvalue weighted by molar-refractivity contribution is 5.96. The number of hydrogen-bond donors (Lipinski definition) is 2. The zero-order valence-electron chi connectivity index (χ0n) is 18.5. The highest BCUT2D eigenvalue weighted by Gasteiger charge is 2.21. The molecule has 1 heterocycles. The average Bonchev–Trinajstić information content (AvgIpc) is 3.09. The Hall–Kier alpha value is -4.06. The van der Waals surface area contributed by atoms with Crippen molar-refractivity contribution < 1.29 is 14.6 Å². The van der Waals surface area contributed by atoms with E-state index in [1.165, 1.54) is 13.2 Å². The van der Waals surface area contributed by atoms with E-state index >= 15 is 0 Å². The van der Waals surface area contributed by atoms with E-state index < -0.39 is 5.97 Å². The molecule has 2 N–H and O–H groups in total. The van der Waals surface area contributed by atoms with Gasteiger partial charge in [-0.3, -0.25) is 0 Å². The van der Waals surface area contributed by atoms with Crippen molar-refractivity contribution in [3.63, 3.8) is 0 Å². The van der Waals surface area contributed by atoms with Crippen LogP contribution in [-0.2, 0) is 0 Å². The molecule has 0 bridgehead atoms. The van der Waals surface area contributed by atoms with E-state index in [1.807, 2.05) is 67.9 Å². The van der Waals surface area contributed by atoms with E-state index in [4.69, 9.17) is 9.84 Å². The van der Waals surface area contributed by atoms with Crippen molar-refractivity contribution in [3.05, 3.63) is 89.1 Å². The van der Waals surface area contributed by atoms with Crippen molar-refractivity contribution >= 4 is 17.5 Å². The standard InChI is InChI=1S/C26H25N3O3/c1-16-8-7-10-19(14-16)24-18(3)28-29(23-11-6-5-9-17(23)2)25(24)27-22-13-12-20(32-4)15-21(22)26(30)31/h5-15,27H,1-4H3,(H,30,31). The first-order chi connectivity index (χ1) is 15.4. The third-order valence-corrected chi connectivity index (χ3v) is 5.42. The Morgan fingerprint density at radius 1 is 1.00 bits per heavy atom. The largest absolute Gasteiger partial charge is 0.497 e. The van der Waals surface area contributed by atoms with Crippen LogP contribution < -0.4 is 10.1 Å². The number of rotatable bonds is 6. The Bertz CT molecular complexity index is 1310. The molecule has 0 unspecified atom stereocenters. The van der Waals surface area contributed by atoms with Crippen LogP contribution in [0.5, 0.6) is 5.75 Å². The molecular weight excluding hydrogens is 402 g/mol. The molecule has 6 heteroatoms. The molecule has 0 fully saturated rings. The number of carbonyl (C=O) groups is 1. The fraction of sp³-hybridized carbons (Fsp3) is 0.154. The Kier molecular flexibility index (Phi) is 5.69. The molecule has 0 saturated carbocycles. The number of anilines is 2. The van der Waals surface area contributed by atoms with E-state index in [1.54, 1.807) is 12.1 Å². The predicted molar refractivity (Wildman–Crippen MR) is 126 cm³/mol. The number of aromatic carboxylic acids is 1. The van der Waals surface area contributed by atoms with Gasteiger partial charge in [0.25, 0.3) is 0 Å². The molecule has 0 atom stereocenters. The number of aromatic nitrogens is 2. The van der Waals surface area contributed by atoms with E-state index in [0.29, 0.717) is 17.3 Å². The Morgan fingerprint density at radius 3 is 2.47 bits per heavy atom. The second-order valence-electron chi connectivity index (χ2n) is 7.72. The highest BCUT2D eigenvalue weighted by atomic mass is 16.5.